The summed E-state index contributed by atoms with van der Waals surface area (Å²) in [6.45, 7) is -0.283. The third kappa shape index (κ3) is 4.08. The van der Waals surface area contributed by atoms with E-state index in [1.165, 1.54) is 0 Å². The van der Waals surface area contributed by atoms with Crippen LogP contribution in [0.2, 0.25) is 0 Å². The molecule has 136 valence electrons. The predicted octanol–water partition coefficient (Wildman–Crippen LogP) is 1.15. The first-order chi connectivity index (χ1) is 12.6. The summed E-state index contributed by atoms with van der Waals surface area (Å²) in [4.78, 5) is 24.2. The van der Waals surface area contributed by atoms with Gasteiger partial charge in [-0.05, 0) is 24.3 Å². The number of ether oxygens (including phenoxy) is 3. The molecule has 7 heteroatoms. The van der Waals surface area contributed by atoms with Crippen LogP contribution in [-0.4, -0.2) is 53.4 Å². The average molecular weight is 358 g/mol. The van der Waals surface area contributed by atoms with Crippen molar-refractivity contribution in [3.8, 4) is 0 Å². The summed E-state index contributed by atoms with van der Waals surface area (Å²) in [5.74, 6) is -1.26. The maximum Gasteiger partial charge on any atom is 0.338 e. The highest BCUT2D eigenvalue weighted by Crippen LogP contribution is 2.24. The first-order valence-corrected chi connectivity index (χ1v) is 8.06. The summed E-state index contributed by atoms with van der Waals surface area (Å²) < 4.78 is 15.6. The lowest BCUT2D eigenvalue weighted by Gasteiger charge is -2.20. The maximum atomic E-state index is 12.2. The largest absolute Gasteiger partial charge is 0.459 e. The summed E-state index contributed by atoms with van der Waals surface area (Å²) in [5, 5.41) is 19.7. The Morgan fingerprint density at radius 2 is 1.42 bits per heavy atom. The number of carbonyl (C=O) groups excluding carboxylic acids is 2. The normalized spacial score (nSPS) is 24.8. The topological polar surface area (TPSA) is 102 Å². The van der Waals surface area contributed by atoms with Crippen LogP contribution in [0.5, 0.6) is 0 Å². The van der Waals surface area contributed by atoms with Gasteiger partial charge in [0.2, 0.25) is 0 Å². The summed E-state index contributed by atoms with van der Waals surface area (Å²) in [7, 11) is 0. The lowest BCUT2D eigenvalue weighted by Crippen LogP contribution is -2.39. The van der Waals surface area contributed by atoms with Gasteiger partial charge in [0.1, 0.15) is 18.8 Å². The molecule has 1 heterocycles. The monoisotopic (exact) mass is 358 g/mol. The maximum absolute atomic E-state index is 12.2. The molecule has 0 saturated carbocycles. The molecular formula is C19H18O7. The molecule has 1 saturated heterocycles. The highest BCUT2D eigenvalue weighted by Gasteiger charge is 2.46. The molecule has 0 spiro atoms. The Kier molecular flexibility index (Phi) is 5.62. The van der Waals surface area contributed by atoms with Crippen molar-refractivity contribution in [2.75, 3.05) is 6.61 Å². The van der Waals surface area contributed by atoms with Gasteiger partial charge in [0.25, 0.3) is 0 Å². The van der Waals surface area contributed by atoms with E-state index in [1.807, 2.05) is 0 Å². The zero-order valence-electron chi connectivity index (χ0n) is 13.7. The van der Waals surface area contributed by atoms with Gasteiger partial charge in [-0.25, -0.2) is 9.59 Å². The van der Waals surface area contributed by atoms with Crippen LogP contribution in [0.4, 0.5) is 0 Å². The van der Waals surface area contributed by atoms with E-state index >= 15 is 0 Å². The van der Waals surface area contributed by atoms with Crippen LogP contribution in [0, 0.1) is 0 Å². The smallest absolute Gasteiger partial charge is 0.338 e. The first-order valence-electron chi connectivity index (χ1n) is 8.06. The van der Waals surface area contributed by atoms with Crippen LogP contribution in [0.3, 0.4) is 0 Å². The average Bonchev–Trinajstić information content (AvgIpc) is 2.95. The van der Waals surface area contributed by atoms with E-state index in [0.29, 0.717) is 11.1 Å². The number of aliphatic hydroxyl groups is 2. The van der Waals surface area contributed by atoms with E-state index in [0.717, 1.165) is 0 Å². The zero-order valence-corrected chi connectivity index (χ0v) is 13.7. The summed E-state index contributed by atoms with van der Waals surface area (Å²) in [6, 6.07) is 16.6. The van der Waals surface area contributed by atoms with Crippen molar-refractivity contribution in [1.82, 2.24) is 0 Å². The lowest BCUT2D eigenvalue weighted by molar-refractivity contribution is -0.133. The zero-order chi connectivity index (χ0) is 18.5. The number of hydrogen-bond donors (Lipinski definition) is 2. The van der Waals surface area contributed by atoms with Crippen molar-refractivity contribution in [3.05, 3.63) is 71.8 Å². The van der Waals surface area contributed by atoms with Crippen molar-refractivity contribution in [2.24, 2.45) is 0 Å². The second kappa shape index (κ2) is 8.09. The fraction of sp³-hybridized carbons (Fsp3) is 0.263. The minimum atomic E-state index is -1.54. The Balaban J connectivity index is 1.63. The van der Waals surface area contributed by atoms with Crippen molar-refractivity contribution in [3.63, 3.8) is 0 Å². The van der Waals surface area contributed by atoms with E-state index in [9.17, 15) is 19.8 Å². The summed E-state index contributed by atoms with van der Waals surface area (Å²) in [5.41, 5.74) is 0.644. The molecule has 0 bridgehead atoms. The second-order valence-corrected chi connectivity index (χ2v) is 5.76. The minimum Gasteiger partial charge on any atom is -0.459 e. The fourth-order valence-electron chi connectivity index (χ4n) is 2.58. The number of hydrogen-bond acceptors (Lipinski definition) is 7. The van der Waals surface area contributed by atoms with Gasteiger partial charge >= 0.3 is 11.9 Å². The molecule has 0 aliphatic carbocycles. The molecule has 0 radical (unpaired) electrons. The third-order valence-electron chi connectivity index (χ3n) is 3.95. The molecule has 1 aliphatic rings. The van der Waals surface area contributed by atoms with Gasteiger partial charge in [-0.15, -0.1) is 0 Å². The predicted molar refractivity (Wildman–Crippen MR) is 89.3 cm³/mol. The molecule has 1 aliphatic heterocycles. The third-order valence-corrected chi connectivity index (χ3v) is 3.95. The highest BCUT2D eigenvalue weighted by molar-refractivity contribution is 5.90. The van der Waals surface area contributed by atoms with Crippen molar-refractivity contribution < 1.29 is 34.0 Å². The Morgan fingerprint density at radius 1 is 0.885 bits per heavy atom. The number of benzene rings is 2. The van der Waals surface area contributed by atoms with Gasteiger partial charge in [-0.2, -0.15) is 0 Å². The number of rotatable bonds is 5. The van der Waals surface area contributed by atoms with Crippen LogP contribution in [-0.2, 0) is 14.2 Å². The van der Waals surface area contributed by atoms with Crippen LogP contribution in [0.1, 0.15) is 20.7 Å². The van der Waals surface area contributed by atoms with E-state index in [2.05, 4.69) is 0 Å². The number of esters is 2. The van der Waals surface area contributed by atoms with Crippen LogP contribution in [0.25, 0.3) is 0 Å². The van der Waals surface area contributed by atoms with Crippen molar-refractivity contribution in [1.29, 1.82) is 0 Å². The standard InChI is InChI=1S/C19H18O7/c20-15-16(26-18(22)13-9-5-2-6-10-13)14(25-19(15)23)11-24-17(21)12-7-3-1-4-8-12/h1-10,14-16,19-20,23H,11H2/t14-,15+,16?,19-/m1/s1. The van der Waals surface area contributed by atoms with E-state index in [4.69, 9.17) is 14.2 Å². The van der Waals surface area contributed by atoms with Gasteiger partial charge in [0.15, 0.2) is 12.4 Å². The SMILES string of the molecule is O=C(OC[C@H]1O[C@@H](O)[C@@H](O)C1OC(=O)c1ccccc1)c1ccccc1. The van der Waals surface area contributed by atoms with Crippen LogP contribution in [0.15, 0.2) is 60.7 Å². The molecule has 1 fully saturated rings. The van der Waals surface area contributed by atoms with E-state index < -0.39 is 36.5 Å². The summed E-state index contributed by atoms with van der Waals surface area (Å²) in [6.07, 6.45) is -5.13. The molecule has 2 aromatic carbocycles. The van der Waals surface area contributed by atoms with Gasteiger partial charge in [0, 0.05) is 0 Å². The molecule has 26 heavy (non-hydrogen) atoms. The lowest BCUT2D eigenvalue weighted by atomic mass is 10.1. The van der Waals surface area contributed by atoms with Crippen LogP contribution >= 0.6 is 0 Å². The molecule has 0 aromatic heterocycles. The Labute approximate surface area is 149 Å². The quantitative estimate of drug-likeness (QED) is 0.773. The molecule has 2 N–H and O–H groups in total. The first kappa shape index (κ1) is 18.1. The summed E-state index contributed by atoms with van der Waals surface area (Å²) >= 11 is 0. The second-order valence-electron chi connectivity index (χ2n) is 5.76. The van der Waals surface area contributed by atoms with Gasteiger partial charge in [-0.3, -0.25) is 0 Å². The van der Waals surface area contributed by atoms with Gasteiger partial charge < -0.3 is 24.4 Å². The Morgan fingerprint density at radius 3 is 2.00 bits per heavy atom. The van der Waals surface area contributed by atoms with Crippen molar-refractivity contribution >= 4 is 11.9 Å². The minimum absolute atomic E-state index is 0.283. The molecular weight excluding hydrogens is 340 g/mol. The molecule has 0 amide bonds. The van der Waals surface area contributed by atoms with Crippen LogP contribution < -0.4 is 0 Å². The number of aliphatic hydroxyl groups excluding tert-OH is 2. The highest BCUT2D eigenvalue weighted by atomic mass is 16.7. The molecule has 3 rings (SSSR count). The Bertz CT molecular complexity index is 747. The van der Waals surface area contributed by atoms with E-state index in [-0.39, 0.29) is 6.61 Å². The molecule has 7 nitrogen and oxygen atoms in total. The number of carbonyl (C=O) groups is 2. The van der Waals surface area contributed by atoms with Crippen molar-refractivity contribution in [2.45, 2.75) is 24.6 Å². The fourth-order valence-corrected chi connectivity index (χ4v) is 2.58. The van der Waals surface area contributed by atoms with Gasteiger partial charge in [0.05, 0.1) is 11.1 Å². The molecule has 2 aromatic rings. The molecule has 1 unspecified atom stereocenters. The molecule has 4 atom stereocenters. The van der Waals surface area contributed by atoms with Gasteiger partial charge in [-0.1, -0.05) is 36.4 Å². The van der Waals surface area contributed by atoms with E-state index in [1.54, 1.807) is 60.7 Å². The Hall–Kier alpha value is -2.74.